The van der Waals surface area contributed by atoms with Gasteiger partial charge in [0.05, 0.1) is 11.3 Å². The maximum atomic E-state index is 13.0. The molecular weight excluding hydrogens is 348 g/mol. The first-order valence-electron chi connectivity index (χ1n) is 8.99. The number of carbonyl (C=O) groups excluding carboxylic acids is 2. The van der Waals surface area contributed by atoms with Crippen molar-refractivity contribution < 1.29 is 9.59 Å². The van der Waals surface area contributed by atoms with E-state index in [4.69, 9.17) is 11.6 Å². The molecule has 1 aliphatic carbocycles. The molecule has 1 N–H and O–H groups in total. The zero-order valence-corrected chi connectivity index (χ0v) is 15.6. The fourth-order valence-electron chi connectivity index (χ4n) is 3.43. The normalized spacial score (nSPS) is 14.7. The fraction of sp³-hybridized carbons (Fsp3) is 0.333. The molecule has 0 aromatic heterocycles. The molecule has 0 unspecified atom stereocenters. The predicted octanol–water partition coefficient (Wildman–Crippen LogP) is 5.00. The van der Waals surface area contributed by atoms with Crippen LogP contribution in [0, 0.1) is 0 Å². The molecule has 0 spiro atoms. The Bertz CT molecular complexity index is 800. The third-order valence-electron chi connectivity index (χ3n) is 4.94. The van der Waals surface area contributed by atoms with Crippen LogP contribution in [0.15, 0.2) is 48.5 Å². The lowest BCUT2D eigenvalue weighted by Crippen LogP contribution is -2.38. The minimum atomic E-state index is -0.284. The SMILES string of the molecule is CN(C(=O)c1ccccc1NC(=O)c1cccc(Cl)c1)C1CCCCC1. The number of anilines is 1. The highest BCUT2D eigenvalue weighted by Gasteiger charge is 2.24. The molecule has 26 heavy (non-hydrogen) atoms. The van der Waals surface area contributed by atoms with Crippen LogP contribution in [0.5, 0.6) is 0 Å². The Morgan fingerprint density at radius 1 is 1.04 bits per heavy atom. The number of para-hydroxylation sites is 1. The number of carbonyl (C=O) groups is 2. The largest absolute Gasteiger partial charge is 0.339 e. The van der Waals surface area contributed by atoms with Crippen LogP contribution >= 0.6 is 11.6 Å². The maximum Gasteiger partial charge on any atom is 0.255 e. The number of hydrogen-bond donors (Lipinski definition) is 1. The van der Waals surface area contributed by atoms with Crippen LogP contribution < -0.4 is 5.32 Å². The van der Waals surface area contributed by atoms with E-state index in [9.17, 15) is 9.59 Å². The lowest BCUT2D eigenvalue weighted by molar-refractivity contribution is 0.0697. The second kappa shape index (κ2) is 8.37. The van der Waals surface area contributed by atoms with Crippen molar-refractivity contribution in [2.45, 2.75) is 38.1 Å². The summed E-state index contributed by atoms with van der Waals surface area (Å²) in [5.74, 6) is -0.341. The predicted molar refractivity (Wildman–Crippen MR) is 105 cm³/mol. The molecular formula is C21H23ClN2O2. The van der Waals surface area contributed by atoms with E-state index in [1.165, 1.54) is 6.42 Å². The molecule has 136 valence electrons. The van der Waals surface area contributed by atoms with Gasteiger partial charge in [-0.2, -0.15) is 0 Å². The smallest absolute Gasteiger partial charge is 0.255 e. The summed E-state index contributed by atoms with van der Waals surface area (Å²) in [6.07, 6.45) is 5.65. The van der Waals surface area contributed by atoms with Gasteiger partial charge in [-0.15, -0.1) is 0 Å². The Balaban J connectivity index is 1.79. The fourth-order valence-corrected chi connectivity index (χ4v) is 3.62. The van der Waals surface area contributed by atoms with E-state index in [0.29, 0.717) is 21.8 Å². The van der Waals surface area contributed by atoms with E-state index < -0.39 is 0 Å². The molecule has 5 heteroatoms. The van der Waals surface area contributed by atoms with Crippen LogP contribution in [-0.4, -0.2) is 29.8 Å². The van der Waals surface area contributed by atoms with Gasteiger partial charge >= 0.3 is 0 Å². The highest BCUT2D eigenvalue weighted by atomic mass is 35.5. The van der Waals surface area contributed by atoms with Crippen molar-refractivity contribution in [3.8, 4) is 0 Å². The summed E-state index contributed by atoms with van der Waals surface area (Å²) < 4.78 is 0. The van der Waals surface area contributed by atoms with Crippen molar-refractivity contribution >= 4 is 29.1 Å². The molecule has 2 aromatic rings. The summed E-state index contributed by atoms with van der Waals surface area (Å²) in [6, 6.07) is 14.2. The van der Waals surface area contributed by atoms with Crippen molar-refractivity contribution in [2.75, 3.05) is 12.4 Å². The van der Waals surface area contributed by atoms with Crippen LogP contribution in [0.3, 0.4) is 0 Å². The first-order valence-corrected chi connectivity index (χ1v) is 9.37. The van der Waals surface area contributed by atoms with Crippen LogP contribution in [0.2, 0.25) is 5.02 Å². The van der Waals surface area contributed by atoms with E-state index in [-0.39, 0.29) is 17.9 Å². The third-order valence-corrected chi connectivity index (χ3v) is 5.17. The van der Waals surface area contributed by atoms with E-state index >= 15 is 0 Å². The number of amides is 2. The molecule has 0 radical (unpaired) electrons. The summed E-state index contributed by atoms with van der Waals surface area (Å²) in [4.78, 5) is 27.3. The first kappa shape index (κ1) is 18.5. The molecule has 2 amide bonds. The number of rotatable bonds is 4. The number of hydrogen-bond acceptors (Lipinski definition) is 2. The molecule has 2 aromatic carbocycles. The minimum Gasteiger partial charge on any atom is -0.339 e. The monoisotopic (exact) mass is 370 g/mol. The lowest BCUT2D eigenvalue weighted by Gasteiger charge is -2.31. The molecule has 4 nitrogen and oxygen atoms in total. The molecule has 0 aliphatic heterocycles. The topological polar surface area (TPSA) is 49.4 Å². The molecule has 1 aliphatic rings. The molecule has 0 atom stereocenters. The third kappa shape index (κ3) is 4.25. The molecule has 0 heterocycles. The highest BCUT2D eigenvalue weighted by Crippen LogP contribution is 2.25. The van der Waals surface area contributed by atoms with Crippen LogP contribution in [0.25, 0.3) is 0 Å². The van der Waals surface area contributed by atoms with Crippen molar-refractivity contribution in [1.82, 2.24) is 4.90 Å². The van der Waals surface area contributed by atoms with Crippen molar-refractivity contribution in [1.29, 1.82) is 0 Å². The molecule has 0 saturated heterocycles. The molecule has 3 rings (SSSR count). The van der Waals surface area contributed by atoms with Gasteiger partial charge in [0.25, 0.3) is 11.8 Å². The summed E-state index contributed by atoms with van der Waals surface area (Å²) in [5.41, 5.74) is 1.49. The van der Waals surface area contributed by atoms with Crippen molar-refractivity contribution in [3.63, 3.8) is 0 Å². The molecule has 1 saturated carbocycles. The van der Waals surface area contributed by atoms with Gasteiger partial charge in [-0.1, -0.05) is 49.1 Å². The van der Waals surface area contributed by atoms with Crippen LogP contribution in [0.1, 0.15) is 52.8 Å². The minimum absolute atomic E-state index is 0.0566. The average Bonchev–Trinajstić information content (AvgIpc) is 2.68. The number of benzene rings is 2. The quantitative estimate of drug-likeness (QED) is 0.823. The Morgan fingerprint density at radius 2 is 1.77 bits per heavy atom. The summed E-state index contributed by atoms with van der Waals surface area (Å²) in [5, 5.41) is 3.35. The molecule has 0 bridgehead atoms. The standard InChI is InChI=1S/C21H23ClN2O2/c1-24(17-10-3-2-4-11-17)21(26)18-12-5-6-13-19(18)23-20(25)15-8-7-9-16(22)14-15/h5-9,12-14,17H,2-4,10-11H2,1H3,(H,23,25). The van der Waals surface area contributed by atoms with Crippen molar-refractivity contribution in [3.05, 3.63) is 64.7 Å². The van der Waals surface area contributed by atoms with Gasteiger partial charge in [0.1, 0.15) is 0 Å². The van der Waals surface area contributed by atoms with Crippen molar-refractivity contribution in [2.24, 2.45) is 0 Å². The van der Waals surface area contributed by atoms with Gasteiger partial charge in [0.2, 0.25) is 0 Å². The van der Waals surface area contributed by atoms with Gasteiger partial charge in [0.15, 0.2) is 0 Å². The summed E-state index contributed by atoms with van der Waals surface area (Å²) >= 11 is 5.96. The zero-order chi connectivity index (χ0) is 18.5. The maximum absolute atomic E-state index is 13.0. The number of halogens is 1. The second-order valence-corrected chi connectivity index (χ2v) is 7.15. The van der Waals surface area contributed by atoms with Gasteiger partial charge in [0, 0.05) is 23.7 Å². The van der Waals surface area contributed by atoms with Gasteiger partial charge in [-0.3, -0.25) is 9.59 Å². The van der Waals surface area contributed by atoms with Gasteiger partial charge in [-0.25, -0.2) is 0 Å². The lowest BCUT2D eigenvalue weighted by atomic mass is 9.94. The highest BCUT2D eigenvalue weighted by molar-refractivity contribution is 6.31. The number of nitrogens with zero attached hydrogens (tertiary/aromatic N) is 1. The summed E-state index contributed by atoms with van der Waals surface area (Å²) in [7, 11) is 1.86. The van der Waals surface area contributed by atoms with E-state index in [1.54, 1.807) is 36.4 Å². The zero-order valence-electron chi connectivity index (χ0n) is 14.9. The Hall–Kier alpha value is -2.33. The average molecular weight is 371 g/mol. The van der Waals surface area contributed by atoms with E-state index in [2.05, 4.69) is 5.32 Å². The van der Waals surface area contributed by atoms with Gasteiger partial charge in [-0.05, 0) is 43.2 Å². The Morgan fingerprint density at radius 3 is 2.50 bits per heavy atom. The Kier molecular flexibility index (Phi) is 5.94. The number of nitrogens with one attached hydrogen (secondary N) is 1. The van der Waals surface area contributed by atoms with E-state index in [1.807, 2.05) is 24.1 Å². The van der Waals surface area contributed by atoms with E-state index in [0.717, 1.165) is 25.7 Å². The second-order valence-electron chi connectivity index (χ2n) is 6.72. The summed E-state index contributed by atoms with van der Waals surface area (Å²) in [6.45, 7) is 0. The first-order chi connectivity index (χ1) is 12.6. The van der Waals surface area contributed by atoms with Crippen LogP contribution in [0.4, 0.5) is 5.69 Å². The van der Waals surface area contributed by atoms with Crippen LogP contribution in [-0.2, 0) is 0 Å². The molecule has 1 fully saturated rings. The van der Waals surface area contributed by atoms with Gasteiger partial charge < -0.3 is 10.2 Å². The Labute approximate surface area is 159 Å².